The maximum absolute atomic E-state index is 3.59. The standard InChI is InChI=1S/C15H20N2/c1-2-11-6-7-13-12(9-11)10-15(17-13)14-5-3-4-8-16-14/h6-7,9-10,14,16-17H,2-5,8H2,1H3. The Morgan fingerprint density at radius 1 is 1.24 bits per heavy atom. The first kappa shape index (κ1) is 10.8. The van der Waals surface area contributed by atoms with Crippen LogP contribution in [0.2, 0.25) is 0 Å². The zero-order valence-electron chi connectivity index (χ0n) is 10.4. The van der Waals surface area contributed by atoms with Crippen molar-refractivity contribution in [3.8, 4) is 0 Å². The van der Waals surface area contributed by atoms with Crippen molar-refractivity contribution in [2.24, 2.45) is 0 Å². The molecule has 0 bridgehead atoms. The van der Waals surface area contributed by atoms with Crippen molar-refractivity contribution in [1.82, 2.24) is 10.3 Å². The Hall–Kier alpha value is -1.28. The van der Waals surface area contributed by atoms with Crippen LogP contribution in [0.1, 0.15) is 43.5 Å². The molecule has 17 heavy (non-hydrogen) atoms. The average Bonchev–Trinajstić information content (AvgIpc) is 2.82. The molecule has 0 amide bonds. The number of hydrogen-bond donors (Lipinski definition) is 2. The largest absolute Gasteiger partial charge is 0.357 e. The maximum Gasteiger partial charge on any atom is 0.0473 e. The Bertz CT molecular complexity index is 507. The highest BCUT2D eigenvalue weighted by Crippen LogP contribution is 2.26. The number of rotatable bonds is 2. The minimum atomic E-state index is 0.529. The summed E-state index contributed by atoms with van der Waals surface area (Å²) in [4.78, 5) is 3.55. The summed E-state index contributed by atoms with van der Waals surface area (Å²) >= 11 is 0. The third-order valence-corrected chi connectivity index (χ3v) is 3.80. The molecule has 0 radical (unpaired) electrons. The van der Waals surface area contributed by atoms with Crippen LogP contribution in [-0.4, -0.2) is 11.5 Å². The summed E-state index contributed by atoms with van der Waals surface area (Å²) in [6, 6.07) is 9.58. The van der Waals surface area contributed by atoms with E-state index < -0.39 is 0 Å². The summed E-state index contributed by atoms with van der Waals surface area (Å²) < 4.78 is 0. The van der Waals surface area contributed by atoms with Crippen LogP contribution in [0, 0.1) is 0 Å². The van der Waals surface area contributed by atoms with Crippen molar-refractivity contribution in [3.05, 3.63) is 35.5 Å². The molecular formula is C15H20N2. The average molecular weight is 228 g/mol. The summed E-state index contributed by atoms with van der Waals surface area (Å²) in [6.07, 6.45) is 5.02. The van der Waals surface area contributed by atoms with Crippen LogP contribution in [0.15, 0.2) is 24.3 Å². The molecular weight excluding hydrogens is 208 g/mol. The Balaban J connectivity index is 1.95. The molecule has 2 nitrogen and oxygen atoms in total. The van der Waals surface area contributed by atoms with E-state index in [9.17, 15) is 0 Å². The minimum Gasteiger partial charge on any atom is -0.357 e. The van der Waals surface area contributed by atoms with E-state index in [-0.39, 0.29) is 0 Å². The first-order valence-electron chi connectivity index (χ1n) is 6.72. The van der Waals surface area contributed by atoms with Crippen molar-refractivity contribution in [2.45, 2.75) is 38.6 Å². The van der Waals surface area contributed by atoms with Crippen molar-refractivity contribution in [1.29, 1.82) is 0 Å². The fraction of sp³-hybridized carbons (Fsp3) is 0.467. The Morgan fingerprint density at radius 3 is 2.94 bits per heavy atom. The monoisotopic (exact) mass is 228 g/mol. The summed E-state index contributed by atoms with van der Waals surface area (Å²) in [5.41, 5.74) is 4.04. The molecule has 1 aliphatic rings. The van der Waals surface area contributed by atoms with Gasteiger partial charge >= 0.3 is 0 Å². The molecule has 1 atom stereocenters. The smallest absolute Gasteiger partial charge is 0.0473 e. The molecule has 1 aromatic heterocycles. The molecule has 1 saturated heterocycles. The predicted octanol–water partition coefficient (Wildman–Crippen LogP) is 3.54. The molecule has 1 unspecified atom stereocenters. The summed E-state index contributed by atoms with van der Waals surface area (Å²) in [7, 11) is 0. The maximum atomic E-state index is 3.59. The van der Waals surface area contributed by atoms with Gasteiger partial charge in [0.15, 0.2) is 0 Å². The molecule has 0 saturated carbocycles. The van der Waals surface area contributed by atoms with Gasteiger partial charge in [0.2, 0.25) is 0 Å². The summed E-state index contributed by atoms with van der Waals surface area (Å²) in [6.45, 7) is 3.36. The number of aromatic nitrogens is 1. The molecule has 2 heteroatoms. The van der Waals surface area contributed by atoms with E-state index in [0.29, 0.717) is 6.04 Å². The quantitative estimate of drug-likeness (QED) is 0.808. The van der Waals surface area contributed by atoms with Crippen LogP contribution in [0.5, 0.6) is 0 Å². The van der Waals surface area contributed by atoms with Crippen molar-refractivity contribution < 1.29 is 0 Å². The molecule has 1 fully saturated rings. The van der Waals surface area contributed by atoms with Gasteiger partial charge in [0.05, 0.1) is 0 Å². The summed E-state index contributed by atoms with van der Waals surface area (Å²) in [5.74, 6) is 0. The molecule has 1 aliphatic heterocycles. The lowest BCUT2D eigenvalue weighted by atomic mass is 10.0. The Labute approximate surface area is 102 Å². The van der Waals surface area contributed by atoms with Crippen molar-refractivity contribution >= 4 is 10.9 Å². The fourth-order valence-corrected chi connectivity index (χ4v) is 2.73. The Kier molecular flexibility index (Phi) is 2.89. The van der Waals surface area contributed by atoms with E-state index >= 15 is 0 Å². The third kappa shape index (κ3) is 2.09. The van der Waals surface area contributed by atoms with E-state index in [1.807, 2.05) is 0 Å². The zero-order chi connectivity index (χ0) is 11.7. The van der Waals surface area contributed by atoms with E-state index in [1.54, 1.807) is 0 Å². The van der Waals surface area contributed by atoms with Crippen molar-refractivity contribution in [2.75, 3.05) is 6.54 Å². The molecule has 2 N–H and O–H groups in total. The SMILES string of the molecule is CCc1ccc2[nH]c(C3CCCCN3)cc2c1. The van der Waals surface area contributed by atoms with E-state index in [1.165, 1.54) is 41.4 Å². The van der Waals surface area contributed by atoms with Gasteiger partial charge in [0, 0.05) is 17.3 Å². The number of benzene rings is 1. The van der Waals surface area contributed by atoms with Gasteiger partial charge in [-0.2, -0.15) is 0 Å². The molecule has 0 spiro atoms. The minimum absolute atomic E-state index is 0.529. The molecule has 1 aromatic carbocycles. The predicted molar refractivity (Wildman–Crippen MR) is 72.3 cm³/mol. The highest BCUT2D eigenvalue weighted by atomic mass is 14.9. The van der Waals surface area contributed by atoms with Crippen LogP contribution < -0.4 is 5.32 Å². The number of fused-ring (bicyclic) bond motifs is 1. The molecule has 3 rings (SSSR count). The van der Waals surface area contributed by atoms with Crippen LogP contribution in [-0.2, 0) is 6.42 Å². The fourth-order valence-electron chi connectivity index (χ4n) is 2.73. The molecule has 2 heterocycles. The van der Waals surface area contributed by atoms with Gasteiger partial charge in [-0.15, -0.1) is 0 Å². The molecule has 2 aromatic rings. The van der Waals surface area contributed by atoms with Gasteiger partial charge in [-0.05, 0) is 55.0 Å². The number of hydrogen-bond acceptors (Lipinski definition) is 1. The van der Waals surface area contributed by atoms with E-state index in [4.69, 9.17) is 0 Å². The topological polar surface area (TPSA) is 27.8 Å². The van der Waals surface area contributed by atoms with E-state index in [2.05, 4.69) is 41.5 Å². The van der Waals surface area contributed by atoms with Gasteiger partial charge < -0.3 is 10.3 Å². The van der Waals surface area contributed by atoms with Gasteiger partial charge in [-0.3, -0.25) is 0 Å². The number of piperidine rings is 1. The second-order valence-corrected chi connectivity index (χ2v) is 5.00. The first-order chi connectivity index (χ1) is 8.36. The third-order valence-electron chi connectivity index (χ3n) is 3.80. The number of nitrogens with one attached hydrogen (secondary N) is 2. The van der Waals surface area contributed by atoms with Gasteiger partial charge in [0.1, 0.15) is 0 Å². The zero-order valence-corrected chi connectivity index (χ0v) is 10.4. The lowest BCUT2D eigenvalue weighted by Gasteiger charge is -2.22. The first-order valence-corrected chi connectivity index (χ1v) is 6.72. The van der Waals surface area contributed by atoms with Crippen LogP contribution >= 0.6 is 0 Å². The van der Waals surface area contributed by atoms with Crippen LogP contribution in [0.3, 0.4) is 0 Å². The summed E-state index contributed by atoms with van der Waals surface area (Å²) in [5, 5.41) is 4.95. The molecule has 0 aliphatic carbocycles. The second-order valence-electron chi connectivity index (χ2n) is 5.00. The van der Waals surface area contributed by atoms with E-state index in [0.717, 1.165) is 13.0 Å². The van der Waals surface area contributed by atoms with Crippen LogP contribution in [0.4, 0.5) is 0 Å². The lowest BCUT2D eigenvalue weighted by molar-refractivity contribution is 0.407. The van der Waals surface area contributed by atoms with Gasteiger partial charge in [-0.25, -0.2) is 0 Å². The number of H-pyrrole nitrogens is 1. The van der Waals surface area contributed by atoms with Gasteiger partial charge in [0.25, 0.3) is 0 Å². The second kappa shape index (κ2) is 4.53. The Morgan fingerprint density at radius 2 is 2.18 bits per heavy atom. The number of aromatic amines is 1. The van der Waals surface area contributed by atoms with Crippen LogP contribution in [0.25, 0.3) is 10.9 Å². The number of aryl methyl sites for hydroxylation is 1. The normalized spacial score (nSPS) is 20.9. The van der Waals surface area contributed by atoms with Gasteiger partial charge in [-0.1, -0.05) is 19.4 Å². The highest BCUT2D eigenvalue weighted by molar-refractivity contribution is 5.81. The lowest BCUT2D eigenvalue weighted by Crippen LogP contribution is -2.26. The highest BCUT2D eigenvalue weighted by Gasteiger charge is 2.16. The molecule has 90 valence electrons. The van der Waals surface area contributed by atoms with Crippen molar-refractivity contribution in [3.63, 3.8) is 0 Å².